The largest absolute Gasteiger partial charge is 0.481 e. The first-order valence-electron chi connectivity index (χ1n) is 7.82. The van der Waals surface area contributed by atoms with E-state index < -0.39 is 5.97 Å². The maximum absolute atomic E-state index is 12.5. The molecule has 2 unspecified atom stereocenters. The van der Waals surface area contributed by atoms with Crippen LogP contribution in [0.2, 0.25) is 0 Å². The van der Waals surface area contributed by atoms with Gasteiger partial charge in [-0.15, -0.1) is 0 Å². The summed E-state index contributed by atoms with van der Waals surface area (Å²) < 4.78 is 0. The smallest absolute Gasteiger partial charge is 0.303 e. The van der Waals surface area contributed by atoms with Gasteiger partial charge in [0.1, 0.15) is 0 Å². The summed E-state index contributed by atoms with van der Waals surface area (Å²) in [6, 6.07) is 0. The Labute approximate surface area is 120 Å². The van der Waals surface area contributed by atoms with Crippen molar-refractivity contribution in [2.24, 2.45) is 23.5 Å². The van der Waals surface area contributed by atoms with E-state index in [0.717, 1.165) is 51.6 Å². The first-order valence-corrected chi connectivity index (χ1v) is 7.82. The molecule has 0 aromatic heterocycles. The summed E-state index contributed by atoms with van der Waals surface area (Å²) in [6.07, 6.45) is 6.07. The van der Waals surface area contributed by atoms with E-state index in [9.17, 15) is 9.59 Å². The lowest BCUT2D eigenvalue weighted by molar-refractivity contribution is -0.139. The topological polar surface area (TPSA) is 83.6 Å². The highest BCUT2D eigenvalue weighted by Gasteiger charge is 2.35. The lowest BCUT2D eigenvalue weighted by Gasteiger charge is -2.34. The van der Waals surface area contributed by atoms with Gasteiger partial charge in [0.25, 0.3) is 0 Å². The Morgan fingerprint density at radius 2 is 1.85 bits per heavy atom. The molecule has 0 aromatic rings. The van der Waals surface area contributed by atoms with E-state index in [-0.39, 0.29) is 18.2 Å². The first kappa shape index (κ1) is 15.3. The van der Waals surface area contributed by atoms with Crippen molar-refractivity contribution in [1.29, 1.82) is 0 Å². The maximum Gasteiger partial charge on any atom is 0.303 e. The molecule has 2 fully saturated rings. The third-order valence-electron chi connectivity index (χ3n) is 4.97. The first-order chi connectivity index (χ1) is 9.61. The normalized spacial score (nSPS) is 27.8. The van der Waals surface area contributed by atoms with Gasteiger partial charge in [0.05, 0.1) is 0 Å². The molecule has 20 heavy (non-hydrogen) atoms. The number of carboxylic acids is 1. The molecule has 1 amide bonds. The fraction of sp³-hybridized carbons (Fsp3) is 0.867. The zero-order chi connectivity index (χ0) is 14.5. The molecule has 0 bridgehead atoms. The Bertz CT molecular complexity index is 351. The van der Waals surface area contributed by atoms with Crippen LogP contribution in [0.4, 0.5) is 0 Å². The van der Waals surface area contributed by atoms with Gasteiger partial charge < -0.3 is 15.7 Å². The van der Waals surface area contributed by atoms with Gasteiger partial charge in [0.15, 0.2) is 0 Å². The average molecular weight is 282 g/mol. The van der Waals surface area contributed by atoms with Crippen LogP contribution >= 0.6 is 0 Å². The van der Waals surface area contributed by atoms with E-state index >= 15 is 0 Å². The molecule has 2 aliphatic rings. The van der Waals surface area contributed by atoms with Gasteiger partial charge >= 0.3 is 5.97 Å². The minimum atomic E-state index is -0.722. The Balaban J connectivity index is 1.78. The monoisotopic (exact) mass is 282 g/mol. The third-order valence-corrected chi connectivity index (χ3v) is 4.97. The van der Waals surface area contributed by atoms with Gasteiger partial charge in [-0.05, 0) is 50.5 Å². The van der Waals surface area contributed by atoms with Crippen LogP contribution in [-0.2, 0) is 9.59 Å². The van der Waals surface area contributed by atoms with Crippen molar-refractivity contribution in [3.63, 3.8) is 0 Å². The van der Waals surface area contributed by atoms with Crippen LogP contribution in [-0.4, -0.2) is 41.5 Å². The van der Waals surface area contributed by atoms with Gasteiger partial charge in [-0.3, -0.25) is 9.59 Å². The van der Waals surface area contributed by atoms with E-state index in [0.29, 0.717) is 18.4 Å². The fourth-order valence-corrected chi connectivity index (χ4v) is 3.65. The minimum absolute atomic E-state index is 0.135. The highest BCUT2D eigenvalue weighted by Crippen LogP contribution is 2.33. The Hall–Kier alpha value is -1.10. The van der Waals surface area contributed by atoms with Crippen molar-refractivity contribution in [2.45, 2.75) is 44.9 Å². The predicted molar refractivity (Wildman–Crippen MR) is 76.1 cm³/mol. The molecule has 2 atom stereocenters. The lowest BCUT2D eigenvalue weighted by atomic mass is 9.89. The van der Waals surface area contributed by atoms with Crippen LogP contribution in [0.3, 0.4) is 0 Å². The predicted octanol–water partition coefficient (Wildman–Crippen LogP) is 1.46. The molecule has 0 spiro atoms. The summed E-state index contributed by atoms with van der Waals surface area (Å²) in [5, 5.41) is 8.71. The SMILES string of the molecule is NCC1CCCC1C(=O)N1CCC(CCC(=O)O)CC1. The Morgan fingerprint density at radius 1 is 1.15 bits per heavy atom. The van der Waals surface area contributed by atoms with Crippen molar-refractivity contribution >= 4 is 11.9 Å². The van der Waals surface area contributed by atoms with Crippen molar-refractivity contribution in [2.75, 3.05) is 19.6 Å². The highest BCUT2D eigenvalue weighted by atomic mass is 16.4. The number of carbonyl (C=O) groups excluding carboxylic acids is 1. The van der Waals surface area contributed by atoms with Gasteiger partial charge in [0, 0.05) is 25.4 Å². The number of hydrogen-bond donors (Lipinski definition) is 2. The molecule has 1 aliphatic carbocycles. The number of likely N-dealkylation sites (tertiary alicyclic amines) is 1. The number of aliphatic carboxylic acids is 1. The molecule has 1 saturated carbocycles. The number of amides is 1. The molecule has 3 N–H and O–H groups in total. The fourth-order valence-electron chi connectivity index (χ4n) is 3.65. The summed E-state index contributed by atoms with van der Waals surface area (Å²) in [6.45, 7) is 2.19. The number of carbonyl (C=O) groups is 2. The highest BCUT2D eigenvalue weighted by molar-refractivity contribution is 5.79. The van der Waals surface area contributed by atoms with Crippen LogP contribution in [0.1, 0.15) is 44.9 Å². The zero-order valence-corrected chi connectivity index (χ0v) is 12.1. The molecule has 114 valence electrons. The van der Waals surface area contributed by atoms with E-state index in [1.54, 1.807) is 0 Å². The molecule has 1 saturated heterocycles. The van der Waals surface area contributed by atoms with Crippen molar-refractivity contribution in [1.82, 2.24) is 4.90 Å². The van der Waals surface area contributed by atoms with Gasteiger partial charge in [0.2, 0.25) is 5.91 Å². The Morgan fingerprint density at radius 3 is 2.45 bits per heavy atom. The Kier molecular flexibility index (Phi) is 5.40. The molecular formula is C15H26N2O3. The number of carboxylic acid groups (broad SMARTS) is 1. The standard InChI is InChI=1S/C15H26N2O3/c16-10-12-2-1-3-13(12)15(20)17-8-6-11(7-9-17)4-5-14(18)19/h11-13H,1-10,16H2,(H,18,19). The third kappa shape index (κ3) is 3.72. The molecule has 5 heteroatoms. The molecule has 5 nitrogen and oxygen atoms in total. The van der Waals surface area contributed by atoms with Crippen molar-refractivity contribution in [3.8, 4) is 0 Å². The molecule has 1 aliphatic heterocycles. The van der Waals surface area contributed by atoms with Crippen LogP contribution < -0.4 is 5.73 Å². The van der Waals surface area contributed by atoms with E-state index in [1.807, 2.05) is 4.90 Å². The summed E-state index contributed by atoms with van der Waals surface area (Å²) in [5.41, 5.74) is 5.76. The average Bonchev–Trinajstić information content (AvgIpc) is 2.93. The number of nitrogens with zero attached hydrogens (tertiary/aromatic N) is 1. The van der Waals surface area contributed by atoms with Crippen LogP contribution in [0.25, 0.3) is 0 Å². The van der Waals surface area contributed by atoms with Gasteiger partial charge in [-0.25, -0.2) is 0 Å². The van der Waals surface area contributed by atoms with E-state index in [1.165, 1.54) is 0 Å². The molecule has 0 radical (unpaired) electrons. The van der Waals surface area contributed by atoms with E-state index in [4.69, 9.17) is 10.8 Å². The van der Waals surface area contributed by atoms with E-state index in [2.05, 4.69) is 0 Å². The number of piperidine rings is 1. The van der Waals surface area contributed by atoms with Crippen LogP contribution in [0.5, 0.6) is 0 Å². The van der Waals surface area contributed by atoms with Crippen molar-refractivity contribution in [3.05, 3.63) is 0 Å². The van der Waals surface area contributed by atoms with Crippen LogP contribution in [0.15, 0.2) is 0 Å². The number of rotatable bonds is 5. The maximum atomic E-state index is 12.5. The second-order valence-electron chi connectivity index (χ2n) is 6.23. The van der Waals surface area contributed by atoms with Crippen molar-refractivity contribution < 1.29 is 14.7 Å². The molecule has 1 heterocycles. The summed E-state index contributed by atoms with van der Waals surface area (Å²) in [5.74, 6) is 0.529. The summed E-state index contributed by atoms with van der Waals surface area (Å²) >= 11 is 0. The van der Waals surface area contributed by atoms with Gasteiger partial charge in [-0.2, -0.15) is 0 Å². The molecule has 0 aromatic carbocycles. The second-order valence-corrected chi connectivity index (χ2v) is 6.23. The van der Waals surface area contributed by atoms with Gasteiger partial charge in [-0.1, -0.05) is 6.42 Å². The summed E-state index contributed by atoms with van der Waals surface area (Å²) in [4.78, 5) is 25.1. The molecular weight excluding hydrogens is 256 g/mol. The lowest BCUT2D eigenvalue weighted by Crippen LogP contribution is -2.43. The summed E-state index contributed by atoms with van der Waals surface area (Å²) in [7, 11) is 0. The number of nitrogens with two attached hydrogens (primary N) is 1. The minimum Gasteiger partial charge on any atom is -0.481 e. The number of hydrogen-bond acceptors (Lipinski definition) is 3. The zero-order valence-electron chi connectivity index (χ0n) is 12.1. The van der Waals surface area contributed by atoms with Crippen LogP contribution in [0, 0.1) is 17.8 Å². The second kappa shape index (κ2) is 7.07. The quantitative estimate of drug-likeness (QED) is 0.799. The molecule has 2 rings (SSSR count).